The molecule has 8 rings (SSSR count). The first-order valence-electron chi connectivity index (χ1n) is 21.4. The van der Waals surface area contributed by atoms with E-state index < -0.39 is 5.92 Å². The Kier molecular flexibility index (Phi) is 11.6. The summed E-state index contributed by atoms with van der Waals surface area (Å²) in [5.41, 5.74) is 10.3. The van der Waals surface area contributed by atoms with Crippen LogP contribution in [0.3, 0.4) is 0 Å². The van der Waals surface area contributed by atoms with Crippen molar-refractivity contribution in [1.29, 1.82) is 0 Å². The van der Waals surface area contributed by atoms with Crippen LogP contribution >= 0.6 is 0 Å². The Morgan fingerprint density at radius 1 is 0.810 bits per heavy atom. The molecule has 3 aromatic rings. The van der Waals surface area contributed by atoms with E-state index in [-0.39, 0.29) is 54.0 Å². The lowest BCUT2D eigenvalue weighted by Crippen LogP contribution is -2.46. The molecule has 2 bridgehead atoms. The van der Waals surface area contributed by atoms with Crippen LogP contribution in [0.1, 0.15) is 95.8 Å². The predicted molar refractivity (Wildman–Crippen MR) is 229 cm³/mol. The highest BCUT2D eigenvalue weighted by Crippen LogP contribution is 2.55. The molecule has 1 saturated heterocycles. The maximum Gasteiger partial charge on any atom is 0.306 e. The predicted octanol–water partition coefficient (Wildman–Crippen LogP) is 9.05. The Labute approximate surface area is 343 Å². The maximum absolute atomic E-state index is 14.3. The molecule has 1 aromatic heterocycles. The first kappa shape index (κ1) is 39.6. The molecule has 0 N–H and O–H groups in total. The summed E-state index contributed by atoms with van der Waals surface area (Å²) in [7, 11) is 1.37. The molecule has 6 atom stereocenters. The summed E-state index contributed by atoms with van der Waals surface area (Å²) in [5.74, 6) is 0.773. The number of hydrogen-bond donors (Lipinski definition) is 0. The molecule has 4 heterocycles. The van der Waals surface area contributed by atoms with E-state index in [0.717, 1.165) is 65.6 Å². The molecule has 0 unspecified atom stereocenters. The van der Waals surface area contributed by atoms with Gasteiger partial charge in [0.25, 0.3) is 0 Å². The molecule has 58 heavy (non-hydrogen) atoms. The third kappa shape index (κ3) is 7.97. The number of hydrogen-bond acceptors (Lipinski definition) is 7. The summed E-state index contributed by atoms with van der Waals surface area (Å²) in [5, 5.41) is 0. The van der Waals surface area contributed by atoms with Crippen LogP contribution in [0.25, 0.3) is 22.3 Å². The van der Waals surface area contributed by atoms with Gasteiger partial charge >= 0.3 is 5.97 Å². The normalized spacial score (nSPS) is 24.2. The molecule has 302 valence electrons. The first-order valence-corrected chi connectivity index (χ1v) is 21.4. The van der Waals surface area contributed by atoms with Crippen LogP contribution in [0.15, 0.2) is 95.4 Å². The zero-order valence-electron chi connectivity index (χ0n) is 34.6. The number of likely N-dealkylation sites (tertiary alicyclic amines) is 1. The number of rotatable bonds is 13. The number of carbonyl (C=O) groups excluding carboxylic acids is 3. The number of pyridine rings is 1. The topological polar surface area (TPSA) is 105 Å². The number of carbonyl (C=O) groups is 3. The zero-order chi connectivity index (χ0) is 40.5. The third-order valence-corrected chi connectivity index (χ3v) is 13.6. The summed E-state index contributed by atoms with van der Waals surface area (Å²) in [6.07, 6.45) is 14.5. The van der Waals surface area contributed by atoms with Crippen molar-refractivity contribution in [3.8, 4) is 11.1 Å². The second kappa shape index (κ2) is 17.0. The van der Waals surface area contributed by atoms with E-state index in [9.17, 15) is 14.4 Å². The van der Waals surface area contributed by atoms with E-state index in [1.54, 1.807) is 6.20 Å². The van der Waals surface area contributed by atoms with Crippen molar-refractivity contribution in [1.82, 2.24) is 14.8 Å². The smallest absolute Gasteiger partial charge is 0.306 e. The summed E-state index contributed by atoms with van der Waals surface area (Å²) in [6.45, 7) is 9.50. The van der Waals surface area contributed by atoms with Gasteiger partial charge in [-0.2, -0.15) is 0 Å². The molecule has 0 radical (unpaired) electrons. The SMILES string of the molecule is COC(=O)C[C@H](C(=O)N1CCC[C@H]1C1=NC=C(c2ccc(-c3ccc(C4=CN=C([C@@H]5[C@H]6CC[C@H](C6)[C@H]5C(=O)N(Cc5cccnc5)C(C)C)C4)cc3)cc2)C1)C(C)C. The first-order chi connectivity index (χ1) is 28.1. The number of esters is 1. The average molecular weight is 780 g/mol. The molecule has 0 spiro atoms. The molecule has 2 amide bonds. The molecule has 2 saturated carbocycles. The van der Waals surface area contributed by atoms with Crippen LogP contribution in [0, 0.1) is 35.5 Å². The monoisotopic (exact) mass is 779 g/mol. The van der Waals surface area contributed by atoms with Crippen LogP contribution in [-0.4, -0.2) is 69.7 Å². The van der Waals surface area contributed by atoms with Gasteiger partial charge in [0.15, 0.2) is 0 Å². The lowest BCUT2D eigenvalue weighted by atomic mass is 9.74. The van der Waals surface area contributed by atoms with Gasteiger partial charge in [-0.05, 0) is 109 Å². The van der Waals surface area contributed by atoms with Gasteiger partial charge < -0.3 is 14.5 Å². The lowest BCUT2D eigenvalue weighted by molar-refractivity contribution is -0.148. The zero-order valence-corrected chi connectivity index (χ0v) is 34.6. The van der Waals surface area contributed by atoms with Crippen LogP contribution in [0.2, 0.25) is 0 Å². The van der Waals surface area contributed by atoms with Gasteiger partial charge in [-0.15, -0.1) is 0 Å². The highest BCUT2D eigenvalue weighted by Gasteiger charge is 2.54. The molecule has 9 heteroatoms. The van der Waals surface area contributed by atoms with E-state index >= 15 is 0 Å². The van der Waals surface area contributed by atoms with E-state index in [2.05, 4.69) is 78.3 Å². The largest absolute Gasteiger partial charge is 0.469 e. The van der Waals surface area contributed by atoms with Crippen molar-refractivity contribution >= 4 is 40.4 Å². The minimum Gasteiger partial charge on any atom is -0.469 e. The van der Waals surface area contributed by atoms with Crippen LogP contribution < -0.4 is 0 Å². The highest BCUT2D eigenvalue weighted by atomic mass is 16.5. The van der Waals surface area contributed by atoms with Crippen LogP contribution in [-0.2, 0) is 25.7 Å². The summed E-state index contributed by atoms with van der Waals surface area (Å²) >= 11 is 0. The second-order valence-electron chi connectivity index (χ2n) is 17.7. The molecule has 3 aliphatic heterocycles. The summed E-state index contributed by atoms with van der Waals surface area (Å²) < 4.78 is 4.90. The maximum atomic E-state index is 14.3. The van der Waals surface area contributed by atoms with Gasteiger partial charge in [-0.3, -0.25) is 29.4 Å². The number of amides is 2. The minimum absolute atomic E-state index is 0.00353. The fraction of sp³-hybridized carbons (Fsp3) is 0.469. The number of ether oxygens (including phenoxy) is 1. The van der Waals surface area contributed by atoms with Gasteiger partial charge in [-0.1, -0.05) is 68.4 Å². The Morgan fingerprint density at radius 2 is 1.43 bits per heavy atom. The number of fused-ring (bicyclic) bond motifs is 2. The lowest BCUT2D eigenvalue weighted by Gasteiger charge is -2.36. The fourth-order valence-electron chi connectivity index (χ4n) is 10.4. The van der Waals surface area contributed by atoms with E-state index in [4.69, 9.17) is 14.7 Å². The quantitative estimate of drug-likeness (QED) is 0.161. The Hall–Kier alpha value is -5.18. The van der Waals surface area contributed by atoms with E-state index in [1.165, 1.54) is 30.4 Å². The molecule has 2 aliphatic carbocycles. The van der Waals surface area contributed by atoms with Crippen molar-refractivity contribution in [3.05, 3.63) is 102 Å². The highest BCUT2D eigenvalue weighted by molar-refractivity contribution is 6.04. The number of aromatic nitrogens is 1. The number of benzene rings is 2. The Balaban J connectivity index is 0.879. The Bertz CT molecular complexity index is 2130. The molecule has 9 nitrogen and oxygen atoms in total. The van der Waals surface area contributed by atoms with Gasteiger partial charge in [0.1, 0.15) is 0 Å². The summed E-state index contributed by atoms with van der Waals surface area (Å²) in [6, 6.07) is 21.5. The van der Waals surface area contributed by atoms with Crippen LogP contribution in [0.4, 0.5) is 0 Å². The van der Waals surface area contributed by atoms with Gasteiger partial charge in [0.2, 0.25) is 11.8 Å². The summed E-state index contributed by atoms with van der Waals surface area (Å²) in [4.78, 5) is 58.3. The van der Waals surface area contributed by atoms with Gasteiger partial charge in [0.05, 0.1) is 25.5 Å². The number of allylic oxidation sites excluding steroid dienone is 2. The second-order valence-corrected chi connectivity index (χ2v) is 17.7. The fourth-order valence-corrected chi connectivity index (χ4v) is 10.4. The minimum atomic E-state index is -0.396. The standard InChI is InChI=1S/C49H57N5O4/c1-30(2)41(25-45(55)58-5)48(56)53-21-7-9-44(53)42-23-39(27-51-42)35-14-10-33(11-15-35)34-12-16-36(17-13-34)40-24-43(52-28-40)46-37-18-19-38(22-37)47(46)49(57)54(31(3)4)29-32-8-6-20-50-26-32/h6,8,10-17,20,26-28,30-31,37-38,41,44,46-47H,7,9,18-19,21-25,29H2,1-5H3/t37-,38+,41-,44-,46-,47+/m0/s1. The van der Waals surface area contributed by atoms with Crippen molar-refractivity contribution in [3.63, 3.8) is 0 Å². The van der Waals surface area contributed by atoms with E-state index in [1.807, 2.05) is 43.4 Å². The molecule has 5 aliphatic rings. The van der Waals surface area contributed by atoms with Gasteiger partial charge in [0, 0.05) is 80.0 Å². The van der Waals surface area contributed by atoms with Crippen LogP contribution in [0.5, 0.6) is 0 Å². The number of nitrogens with zero attached hydrogens (tertiary/aromatic N) is 5. The Morgan fingerprint density at radius 3 is 2.03 bits per heavy atom. The van der Waals surface area contributed by atoms with Crippen molar-refractivity contribution in [2.75, 3.05) is 13.7 Å². The molecule has 2 aromatic carbocycles. The van der Waals surface area contributed by atoms with E-state index in [0.29, 0.717) is 31.3 Å². The molecular weight excluding hydrogens is 723 g/mol. The van der Waals surface area contributed by atoms with Crippen molar-refractivity contribution in [2.45, 2.75) is 97.7 Å². The molecular formula is C49H57N5O4. The number of methoxy groups -OCH3 is 1. The average Bonchev–Trinajstić information content (AvgIpc) is 4.10. The number of aliphatic imine (C=N–C) groups is 2. The third-order valence-electron chi connectivity index (χ3n) is 13.6. The van der Waals surface area contributed by atoms with Crippen molar-refractivity contribution < 1.29 is 19.1 Å². The van der Waals surface area contributed by atoms with Crippen molar-refractivity contribution in [2.24, 2.45) is 45.5 Å². The molecule has 3 fully saturated rings. The van der Waals surface area contributed by atoms with Gasteiger partial charge in [-0.25, -0.2) is 0 Å².